The quantitative estimate of drug-likeness (QED) is 0.921. The molecule has 126 valence electrons. The van der Waals surface area contributed by atoms with Crippen molar-refractivity contribution in [1.29, 1.82) is 0 Å². The minimum absolute atomic E-state index is 0.100. The fourth-order valence-corrected chi connectivity index (χ4v) is 3.15. The summed E-state index contributed by atoms with van der Waals surface area (Å²) in [7, 11) is 0. The molecule has 1 aromatic heterocycles. The first kappa shape index (κ1) is 15.1. The maximum Gasteiger partial charge on any atom is 0.318 e. The minimum atomic E-state index is -0.217. The Labute approximate surface area is 140 Å². The Hall–Kier alpha value is -2.47. The van der Waals surface area contributed by atoms with Crippen molar-refractivity contribution in [2.45, 2.75) is 19.1 Å². The molecule has 6 heteroatoms. The molecule has 2 atom stereocenters. The number of carbonyl (C=O) groups excluding carboxylic acids is 1. The first-order valence-corrected chi connectivity index (χ1v) is 8.16. The topological polar surface area (TPSA) is 63.9 Å². The van der Waals surface area contributed by atoms with Gasteiger partial charge in [0.25, 0.3) is 0 Å². The molecule has 1 aromatic carbocycles. The molecule has 0 aliphatic carbocycles. The maximum atomic E-state index is 12.6. The average molecular weight is 328 g/mol. The normalized spacial score (nSPS) is 22.8. The summed E-state index contributed by atoms with van der Waals surface area (Å²) in [5.74, 6) is 2.45. The first-order valence-electron chi connectivity index (χ1n) is 8.16. The summed E-state index contributed by atoms with van der Waals surface area (Å²) in [4.78, 5) is 14.4. The van der Waals surface area contributed by atoms with Gasteiger partial charge < -0.3 is 24.1 Å². The highest BCUT2D eigenvalue weighted by molar-refractivity contribution is 5.75. The van der Waals surface area contributed by atoms with Gasteiger partial charge in [0.2, 0.25) is 0 Å². The molecule has 24 heavy (non-hydrogen) atoms. The SMILES string of the molecule is Cc1ccc([C@H]2CN(C(=O)N[C@H]3COc4ccccc43)CCO2)o1. The summed E-state index contributed by atoms with van der Waals surface area (Å²) in [6.45, 7) is 3.91. The van der Waals surface area contributed by atoms with Gasteiger partial charge in [-0.05, 0) is 25.1 Å². The molecule has 2 aliphatic rings. The van der Waals surface area contributed by atoms with Gasteiger partial charge in [-0.1, -0.05) is 18.2 Å². The molecule has 2 amide bonds. The van der Waals surface area contributed by atoms with Crippen LogP contribution < -0.4 is 10.1 Å². The predicted octanol–water partition coefficient (Wildman–Crippen LogP) is 2.80. The van der Waals surface area contributed by atoms with Crippen LogP contribution in [-0.4, -0.2) is 37.2 Å². The van der Waals surface area contributed by atoms with Gasteiger partial charge in [-0.3, -0.25) is 0 Å². The second kappa shape index (κ2) is 6.20. The van der Waals surface area contributed by atoms with Crippen molar-refractivity contribution in [3.05, 3.63) is 53.5 Å². The number of morpholine rings is 1. The van der Waals surface area contributed by atoms with E-state index < -0.39 is 0 Å². The van der Waals surface area contributed by atoms with Crippen molar-refractivity contribution >= 4 is 6.03 Å². The van der Waals surface area contributed by atoms with Crippen LogP contribution in [0, 0.1) is 6.92 Å². The third-order valence-corrected chi connectivity index (χ3v) is 4.43. The lowest BCUT2D eigenvalue weighted by Crippen LogP contribution is -2.48. The zero-order valence-corrected chi connectivity index (χ0v) is 13.5. The monoisotopic (exact) mass is 328 g/mol. The molecule has 0 spiro atoms. The average Bonchev–Trinajstić information content (AvgIpc) is 3.22. The number of hydrogen-bond donors (Lipinski definition) is 1. The van der Waals surface area contributed by atoms with Crippen molar-refractivity contribution in [2.75, 3.05) is 26.3 Å². The number of fused-ring (bicyclic) bond motifs is 1. The molecule has 1 fully saturated rings. The number of nitrogens with one attached hydrogen (secondary N) is 1. The molecule has 6 nitrogen and oxygen atoms in total. The number of urea groups is 1. The Kier molecular flexibility index (Phi) is 3.90. The third kappa shape index (κ3) is 2.85. The van der Waals surface area contributed by atoms with Crippen molar-refractivity contribution in [3.63, 3.8) is 0 Å². The summed E-state index contributed by atoms with van der Waals surface area (Å²) >= 11 is 0. The highest BCUT2D eigenvalue weighted by Crippen LogP contribution is 2.32. The van der Waals surface area contributed by atoms with Crippen LogP contribution in [-0.2, 0) is 4.74 Å². The zero-order chi connectivity index (χ0) is 16.5. The Balaban J connectivity index is 1.41. The Morgan fingerprint density at radius 1 is 1.25 bits per heavy atom. The summed E-state index contributed by atoms with van der Waals surface area (Å²) in [5, 5.41) is 3.06. The molecular formula is C18H20N2O4. The number of hydrogen-bond acceptors (Lipinski definition) is 4. The number of nitrogens with zero attached hydrogens (tertiary/aromatic N) is 1. The second-order valence-electron chi connectivity index (χ2n) is 6.10. The number of amides is 2. The van der Waals surface area contributed by atoms with Gasteiger partial charge in [0, 0.05) is 12.1 Å². The molecule has 4 rings (SSSR count). The van der Waals surface area contributed by atoms with Gasteiger partial charge >= 0.3 is 6.03 Å². The van der Waals surface area contributed by atoms with Gasteiger partial charge in [0.05, 0.1) is 19.2 Å². The van der Waals surface area contributed by atoms with Gasteiger partial charge in [0.15, 0.2) is 0 Å². The molecule has 0 radical (unpaired) electrons. The van der Waals surface area contributed by atoms with Crippen LogP contribution in [0.5, 0.6) is 5.75 Å². The standard InChI is InChI=1S/C18H20N2O4/c1-12-6-7-16(24-12)17-10-20(8-9-22-17)18(21)19-14-11-23-15-5-3-2-4-13(14)15/h2-7,14,17H,8-11H2,1H3,(H,19,21)/t14-,17+/m0/s1. The van der Waals surface area contributed by atoms with Crippen molar-refractivity contribution < 1.29 is 18.7 Å². The van der Waals surface area contributed by atoms with E-state index in [1.165, 1.54) is 0 Å². The Bertz CT molecular complexity index is 742. The molecule has 2 aromatic rings. The number of ether oxygens (including phenoxy) is 2. The van der Waals surface area contributed by atoms with Crippen LogP contribution in [0.4, 0.5) is 4.79 Å². The van der Waals surface area contributed by atoms with Gasteiger partial charge in [-0.15, -0.1) is 0 Å². The van der Waals surface area contributed by atoms with E-state index >= 15 is 0 Å². The fourth-order valence-electron chi connectivity index (χ4n) is 3.15. The molecule has 0 unspecified atom stereocenters. The van der Waals surface area contributed by atoms with Gasteiger partial charge in [-0.2, -0.15) is 0 Å². The summed E-state index contributed by atoms with van der Waals surface area (Å²) in [6.07, 6.45) is -0.217. The van der Waals surface area contributed by atoms with E-state index in [4.69, 9.17) is 13.9 Å². The number of rotatable bonds is 2. The van der Waals surface area contributed by atoms with Crippen molar-refractivity contribution in [2.24, 2.45) is 0 Å². The molecule has 0 saturated carbocycles. The number of para-hydroxylation sites is 1. The molecule has 3 heterocycles. The molecule has 0 bridgehead atoms. The molecule has 1 saturated heterocycles. The van der Waals surface area contributed by atoms with Gasteiger partial charge in [0.1, 0.15) is 30.0 Å². The van der Waals surface area contributed by atoms with E-state index in [-0.39, 0.29) is 18.2 Å². The highest BCUT2D eigenvalue weighted by Gasteiger charge is 2.31. The van der Waals surface area contributed by atoms with Crippen LogP contribution in [0.3, 0.4) is 0 Å². The van der Waals surface area contributed by atoms with Crippen LogP contribution in [0.15, 0.2) is 40.8 Å². The van der Waals surface area contributed by atoms with Crippen LogP contribution in [0.2, 0.25) is 0 Å². The number of benzene rings is 1. The van der Waals surface area contributed by atoms with Crippen molar-refractivity contribution in [1.82, 2.24) is 10.2 Å². The molecule has 2 aliphatic heterocycles. The lowest BCUT2D eigenvalue weighted by atomic mass is 10.1. The van der Waals surface area contributed by atoms with Gasteiger partial charge in [-0.25, -0.2) is 4.79 Å². The predicted molar refractivity (Wildman–Crippen MR) is 86.9 cm³/mol. The lowest BCUT2D eigenvalue weighted by molar-refractivity contribution is -0.0267. The second-order valence-corrected chi connectivity index (χ2v) is 6.10. The number of furan rings is 1. The number of aryl methyl sites for hydroxylation is 1. The lowest BCUT2D eigenvalue weighted by Gasteiger charge is -2.32. The summed E-state index contributed by atoms with van der Waals surface area (Å²) in [6, 6.07) is 11.4. The molecule has 1 N–H and O–H groups in total. The third-order valence-electron chi connectivity index (χ3n) is 4.43. The van der Waals surface area contributed by atoms with Crippen LogP contribution in [0.1, 0.15) is 29.2 Å². The largest absolute Gasteiger partial charge is 0.491 e. The Morgan fingerprint density at radius 2 is 2.12 bits per heavy atom. The fraction of sp³-hybridized carbons (Fsp3) is 0.389. The van der Waals surface area contributed by atoms with E-state index in [0.29, 0.717) is 26.3 Å². The van der Waals surface area contributed by atoms with Crippen LogP contribution in [0.25, 0.3) is 0 Å². The zero-order valence-electron chi connectivity index (χ0n) is 13.5. The van der Waals surface area contributed by atoms with E-state index in [1.54, 1.807) is 4.90 Å². The molecular weight excluding hydrogens is 308 g/mol. The number of carbonyl (C=O) groups is 1. The highest BCUT2D eigenvalue weighted by atomic mass is 16.5. The van der Waals surface area contributed by atoms with E-state index in [2.05, 4.69) is 5.32 Å². The first-order chi connectivity index (χ1) is 11.7. The van der Waals surface area contributed by atoms with E-state index in [1.807, 2.05) is 43.3 Å². The Morgan fingerprint density at radius 3 is 2.96 bits per heavy atom. The van der Waals surface area contributed by atoms with E-state index in [9.17, 15) is 4.79 Å². The maximum absolute atomic E-state index is 12.6. The summed E-state index contributed by atoms with van der Waals surface area (Å²) < 4.78 is 17.0. The van der Waals surface area contributed by atoms with E-state index in [0.717, 1.165) is 22.8 Å². The van der Waals surface area contributed by atoms with Crippen molar-refractivity contribution in [3.8, 4) is 5.75 Å². The smallest absolute Gasteiger partial charge is 0.318 e. The van der Waals surface area contributed by atoms with Crippen LogP contribution >= 0.6 is 0 Å². The summed E-state index contributed by atoms with van der Waals surface area (Å²) in [5.41, 5.74) is 1.03. The minimum Gasteiger partial charge on any atom is -0.491 e.